The lowest BCUT2D eigenvalue weighted by Gasteiger charge is -2.42. The van der Waals surface area contributed by atoms with E-state index < -0.39 is 0 Å². The minimum absolute atomic E-state index is 0.152. The summed E-state index contributed by atoms with van der Waals surface area (Å²) < 4.78 is 18.2. The van der Waals surface area contributed by atoms with Crippen LogP contribution in [0.2, 0.25) is 0 Å². The molecule has 2 N–H and O–H groups in total. The molecule has 0 aliphatic carbocycles. The molecule has 13 aliphatic rings. The molecule has 1 aromatic heterocycles. The Kier molecular flexibility index (Phi) is 22.3. The number of amides is 1. The van der Waals surface area contributed by atoms with Crippen molar-refractivity contribution in [3.05, 3.63) is 18.2 Å². The van der Waals surface area contributed by atoms with Crippen molar-refractivity contribution in [3.8, 4) is 0 Å². The summed E-state index contributed by atoms with van der Waals surface area (Å²) in [7, 11) is 15.3. The van der Waals surface area contributed by atoms with E-state index in [4.69, 9.17) is 14.2 Å². The zero-order valence-electron chi connectivity index (χ0n) is 46.4. The van der Waals surface area contributed by atoms with Crippen molar-refractivity contribution in [2.75, 3.05) is 226 Å². The first-order valence-corrected chi connectivity index (χ1v) is 28.7. The van der Waals surface area contributed by atoms with E-state index in [0.717, 1.165) is 114 Å². The zero-order chi connectivity index (χ0) is 50.4. The molecule has 8 unspecified atom stereocenters. The number of nitrogens with zero attached hydrogens (tertiary/aromatic N) is 12. The topological polar surface area (TPSA) is 119 Å². The molecule has 72 heavy (non-hydrogen) atoms. The average Bonchev–Trinajstić information content (AvgIpc) is 4.25. The van der Waals surface area contributed by atoms with E-state index in [2.05, 4.69) is 114 Å². The molecule has 1 amide bonds. The normalized spacial score (nSPS) is 35.4. The molecule has 412 valence electrons. The van der Waals surface area contributed by atoms with Crippen molar-refractivity contribution >= 4 is 5.91 Å². The Morgan fingerprint density at radius 3 is 1.92 bits per heavy atom. The number of imidazole rings is 1. The number of piperazine rings is 3. The highest BCUT2D eigenvalue weighted by Gasteiger charge is 2.36. The zero-order valence-corrected chi connectivity index (χ0v) is 46.4. The number of likely N-dealkylation sites (N-methyl/N-ethyl adjacent to an activating group) is 4. The van der Waals surface area contributed by atoms with Gasteiger partial charge in [-0.05, 0) is 144 Å². The van der Waals surface area contributed by atoms with Crippen LogP contribution in [0.5, 0.6) is 0 Å². The summed E-state index contributed by atoms with van der Waals surface area (Å²) >= 11 is 0. The number of carbonyl (C=O) groups excluding carboxylic acids is 1. The molecule has 0 spiro atoms. The Hall–Kier alpha value is -1.88. The Morgan fingerprint density at radius 1 is 0.514 bits per heavy atom. The van der Waals surface area contributed by atoms with Crippen molar-refractivity contribution in [2.45, 2.75) is 69.4 Å². The molecule has 12 fully saturated rings. The number of morpholine rings is 2. The van der Waals surface area contributed by atoms with Crippen LogP contribution in [0.1, 0.15) is 37.9 Å². The summed E-state index contributed by atoms with van der Waals surface area (Å²) in [5.41, 5.74) is 0. The number of hydrogen-bond acceptors (Lipinski definition) is 16. The maximum atomic E-state index is 11.3. The molecular formula is C54H102N14O4. The highest BCUT2D eigenvalue weighted by atomic mass is 16.5. The van der Waals surface area contributed by atoms with E-state index in [1.165, 1.54) is 143 Å². The number of fused-ring (bicyclic) bond motifs is 7. The van der Waals surface area contributed by atoms with Crippen molar-refractivity contribution in [3.63, 3.8) is 0 Å². The van der Waals surface area contributed by atoms with Gasteiger partial charge in [-0.25, -0.2) is 4.98 Å². The van der Waals surface area contributed by atoms with Gasteiger partial charge in [-0.15, -0.1) is 0 Å². The minimum atomic E-state index is 0.152. The van der Waals surface area contributed by atoms with Crippen LogP contribution in [-0.4, -0.2) is 315 Å². The number of carbonyl (C=O) groups is 1. The third-order valence-electron chi connectivity index (χ3n) is 18.1. The van der Waals surface area contributed by atoms with Crippen LogP contribution >= 0.6 is 0 Å². The third-order valence-corrected chi connectivity index (χ3v) is 18.1. The van der Waals surface area contributed by atoms with Gasteiger partial charge in [-0.1, -0.05) is 0 Å². The number of hydrogen-bond donors (Lipinski definition) is 2. The van der Waals surface area contributed by atoms with Gasteiger partial charge in [0.05, 0.1) is 39.0 Å². The lowest BCUT2D eigenvalue weighted by Crippen LogP contribution is -2.59. The number of aromatic nitrogens is 2. The Labute approximate surface area is 436 Å². The predicted molar refractivity (Wildman–Crippen MR) is 287 cm³/mol. The van der Waals surface area contributed by atoms with Crippen LogP contribution in [0.25, 0.3) is 0 Å². The lowest BCUT2D eigenvalue weighted by atomic mass is 9.89. The Balaban J connectivity index is 0.000000113. The second-order valence-corrected chi connectivity index (χ2v) is 24.1. The van der Waals surface area contributed by atoms with Gasteiger partial charge < -0.3 is 63.7 Å². The third kappa shape index (κ3) is 16.8. The predicted octanol–water partition coefficient (Wildman–Crippen LogP) is 0.168. The average molecular weight is 1010 g/mol. The SMILES string of the molecule is CN1CC2CNCC2C1.CN1CCC2COCC2C1.CN1CCC2NCCC2C1.CN1CCN2C(=O)COC[C@H]2C1.CN1CCN2CCCC2C1.CN1CCN2CCOCC2C1.CN1CCn2ccnc2C1. The largest absolute Gasteiger partial charge is 0.381 e. The van der Waals surface area contributed by atoms with E-state index >= 15 is 0 Å². The van der Waals surface area contributed by atoms with Crippen molar-refractivity contribution < 1.29 is 19.0 Å². The minimum Gasteiger partial charge on any atom is -0.381 e. The van der Waals surface area contributed by atoms with E-state index in [0.29, 0.717) is 18.7 Å². The molecule has 0 bridgehead atoms. The maximum absolute atomic E-state index is 11.3. The monoisotopic (exact) mass is 1010 g/mol. The van der Waals surface area contributed by atoms with Crippen LogP contribution in [0.4, 0.5) is 0 Å². The Morgan fingerprint density at radius 2 is 1.14 bits per heavy atom. The van der Waals surface area contributed by atoms with Gasteiger partial charge in [0, 0.05) is 148 Å². The molecule has 0 radical (unpaired) electrons. The number of nitrogens with one attached hydrogen (secondary N) is 2. The molecule has 9 atom stereocenters. The number of likely N-dealkylation sites (tertiary alicyclic amines) is 3. The second-order valence-electron chi connectivity index (χ2n) is 24.1. The van der Waals surface area contributed by atoms with Gasteiger partial charge in [0.1, 0.15) is 12.4 Å². The van der Waals surface area contributed by atoms with E-state index in [1.807, 2.05) is 17.3 Å². The second kappa shape index (κ2) is 28.5. The summed E-state index contributed by atoms with van der Waals surface area (Å²) in [6.45, 7) is 32.5. The van der Waals surface area contributed by atoms with Crippen LogP contribution in [0, 0.1) is 29.6 Å². The van der Waals surface area contributed by atoms with Gasteiger partial charge in [-0.2, -0.15) is 0 Å². The van der Waals surface area contributed by atoms with Gasteiger partial charge in [-0.3, -0.25) is 19.5 Å². The highest BCUT2D eigenvalue weighted by Crippen LogP contribution is 2.29. The van der Waals surface area contributed by atoms with E-state index in [9.17, 15) is 4.79 Å². The van der Waals surface area contributed by atoms with E-state index in [-0.39, 0.29) is 12.5 Å². The summed E-state index contributed by atoms with van der Waals surface area (Å²) in [5.74, 6) is 5.96. The molecule has 12 saturated heterocycles. The van der Waals surface area contributed by atoms with Crippen molar-refractivity contribution in [2.24, 2.45) is 29.6 Å². The van der Waals surface area contributed by atoms with Gasteiger partial charge in [0.25, 0.3) is 0 Å². The first kappa shape index (κ1) is 56.3. The number of ether oxygens (including phenoxy) is 3. The fraction of sp³-hybridized carbons (Fsp3) is 0.926. The van der Waals surface area contributed by atoms with Gasteiger partial charge in [0.15, 0.2) is 0 Å². The maximum Gasteiger partial charge on any atom is 0.248 e. The first-order chi connectivity index (χ1) is 34.9. The number of rotatable bonds is 0. The smallest absolute Gasteiger partial charge is 0.248 e. The first-order valence-electron chi connectivity index (χ1n) is 28.7. The Bertz CT molecular complexity index is 1650. The molecular weight excluding hydrogens is 909 g/mol. The van der Waals surface area contributed by atoms with Crippen LogP contribution in [0.3, 0.4) is 0 Å². The molecule has 0 saturated carbocycles. The molecule has 0 aromatic carbocycles. The summed E-state index contributed by atoms with van der Waals surface area (Å²) in [6, 6.07) is 2.72. The molecule has 1 aromatic rings. The quantitative estimate of drug-likeness (QED) is 0.368. The summed E-state index contributed by atoms with van der Waals surface area (Å²) in [6.07, 6.45) is 10.9. The van der Waals surface area contributed by atoms with Gasteiger partial charge in [0.2, 0.25) is 5.91 Å². The standard InChI is InChI=1S/C8H14N2O2.C8H16N2O.2C8H16N2.C8H15NO.C7H11N3.C7H14N2/c1-9-2-3-10-7(4-9)5-12-6-8(10)11;1-9-2-3-10-4-5-11-7-8(10)6-9;1-10-5-3-8-7(6-10)2-4-9-8;1-9-5-6-10-4-2-3-8(10)7-9;1-9-3-2-7-5-10-6-8(7)4-9;1-9-4-5-10-3-2-8-7(10)6-9;1-9-4-6-2-8-3-7(6)5-9/h7H,2-6H2,1H3;8H,2-7H2,1H3;7-9H,2-6H2,1H3;8H,2-7H2,1H3;7-8H,2-6H2,1H3;2-3H,4-6H2,1H3;6-8H,2-5H2,1H3/t7-;;;;;;/m1....../s1. The lowest BCUT2D eigenvalue weighted by molar-refractivity contribution is -0.151. The summed E-state index contributed by atoms with van der Waals surface area (Å²) in [4.78, 5) is 39.3. The fourth-order valence-corrected chi connectivity index (χ4v) is 13.6. The number of piperidine rings is 2. The van der Waals surface area contributed by atoms with Crippen LogP contribution in [0.15, 0.2) is 12.4 Å². The molecule has 14 heterocycles. The molecule has 13 aliphatic heterocycles. The van der Waals surface area contributed by atoms with Crippen molar-refractivity contribution in [1.29, 1.82) is 0 Å². The fourth-order valence-electron chi connectivity index (χ4n) is 13.6. The molecule has 14 rings (SSSR count). The van der Waals surface area contributed by atoms with Crippen molar-refractivity contribution in [1.82, 2.24) is 69.2 Å². The van der Waals surface area contributed by atoms with Crippen LogP contribution in [-0.2, 0) is 32.1 Å². The van der Waals surface area contributed by atoms with Gasteiger partial charge >= 0.3 is 0 Å². The molecule has 18 nitrogen and oxygen atoms in total. The summed E-state index contributed by atoms with van der Waals surface area (Å²) in [5, 5.41) is 6.97. The highest BCUT2D eigenvalue weighted by molar-refractivity contribution is 5.78. The van der Waals surface area contributed by atoms with Crippen LogP contribution < -0.4 is 10.6 Å². The molecule has 18 heteroatoms. The van der Waals surface area contributed by atoms with E-state index in [1.54, 1.807) is 0 Å².